The number of carbonyl (C=O) groups is 1. The lowest BCUT2D eigenvalue weighted by molar-refractivity contribution is -0.125. The highest BCUT2D eigenvalue weighted by Crippen LogP contribution is 2.20. The fourth-order valence-corrected chi connectivity index (χ4v) is 2.73. The van der Waals surface area contributed by atoms with E-state index in [4.69, 9.17) is 0 Å². The molecule has 1 aromatic carbocycles. The largest absolute Gasteiger partial charge is 0.387 e. The van der Waals surface area contributed by atoms with Gasteiger partial charge in [-0.15, -0.1) is 11.8 Å². The van der Waals surface area contributed by atoms with E-state index >= 15 is 0 Å². The van der Waals surface area contributed by atoms with E-state index in [-0.39, 0.29) is 18.4 Å². The average Bonchev–Trinajstić information content (AvgIpc) is 2.53. The van der Waals surface area contributed by atoms with Gasteiger partial charge in [0.25, 0.3) is 0 Å². The van der Waals surface area contributed by atoms with Crippen LogP contribution in [0.1, 0.15) is 30.9 Å². The van der Waals surface area contributed by atoms with Crippen LogP contribution in [0.15, 0.2) is 41.3 Å². The van der Waals surface area contributed by atoms with E-state index < -0.39 is 6.10 Å². The smallest absolute Gasteiger partial charge is 0.223 e. The minimum atomic E-state index is -0.644. The number of nitrogens with one attached hydrogen (secondary N) is 1. The molecular formula is C16H21NO2S. The Morgan fingerprint density at radius 3 is 2.75 bits per heavy atom. The van der Waals surface area contributed by atoms with Crippen molar-refractivity contribution in [2.24, 2.45) is 5.92 Å². The fourth-order valence-electron chi connectivity index (χ4n) is 2.32. The molecule has 0 saturated carbocycles. The number of benzene rings is 1. The van der Waals surface area contributed by atoms with Gasteiger partial charge in [0.15, 0.2) is 0 Å². The predicted molar refractivity (Wildman–Crippen MR) is 82.7 cm³/mol. The molecule has 0 radical (unpaired) electrons. The molecule has 1 amide bonds. The van der Waals surface area contributed by atoms with Crippen LogP contribution in [0, 0.1) is 5.92 Å². The van der Waals surface area contributed by atoms with E-state index in [9.17, 15) is 9.90 Å². The molecule has 2 rings (SSSR count). The fraction of sp³-hybridized carbons (Fsp3) is 0.438. The van der Waals surface area contributed by atoms with E-state index in [0.717, 1.165) is 24.8 Å². The lowest BCUT2D eigenvalue weighted by Crippen LogP contribution is -2.34. The molecule has 3 nitrogen and oxygen atoms in total. The minimum absolute atomic E-state index is 0.0501. The Bertz CT molecular complexity index is 470. The van der Waals surface area contributed by atoms with Crippen LogP contribution in [-0.4, -0.2) is 23.8 Å². The molecule has 0 spiro atoms. The molecule has 0 heterocycles. The summed E-state index contributed by atoms with van der Waals surface area (Å²) in [4.78, 5) is 13.1. The Labute approximate surface area is 124 Å². The number of aliphatic hydroxyl groups excluding tert-OH is 1. The van der Waals surface area contributed by atoms with Crippen LogP contribution in [0.3, 0.4) is 0 Å². The molecule has 4 heteroatoms. The highest BCUT2D eigenvalue weighted by atomic mass is 32.2. The van der Waals surface area contributed by atoms with E-state index in [2.05, 4.69) is 17.5 Å². The summed E-state index contributed by atoms with van der Waals surface area (Å²) in [6.07, 6.45) is 8.23. The molecule has 2 N–H and O–H groups in total. The van der Waals surface area contributed by atoms with Gasteiger partial charge in [0.2, 0.25) is 5.91 Å². The van der Waals surface area contributed by atoms with Gasteiger partial charge in [-0.25, -0.2) is 0 Å². The normalized spacial score (nSPS) is 19.6. The summed E-state index contributed by atoms with van der Waals surface area (Å²) in [6.45, 7) is 0.275. The summed E-state index contributed by atoms with van der Waals surface area (Å²) in [7, 11) is 0. The zero-order chi connectivity index (χ0) is 14.4. The molecule has 0 aromatic heterocycles. The molecule has 2 atom stereocenters. The topological polar surface area (TPSA) is 49.3 Å². The van der Waals surface area contributed by atoms with Crippen molar-refractivity contribution in [2.75, 3.05) is 12.8 Å². The second-order valence-corrected chi connectivity index (χ2v) is 5.90. The maximum absolute atomic E-state index is 12.0. The number of rotatable bonds is 5. The zero-order valence-corrected chi connectivity index (χ0v) is 12.5. The molecule has 1 aliphatic rings. The first-order valence-electron chi connectivity index (χ1n) is 6.95. The quantitative estimate of drug-likeness (QED) is 0.648. The van der Waals surface area contributed by atoms with Crippen molar-refractivity contribution in [3.8, 4) is 0 Å². The van der Waals surface area contributed by atoms with Gasteiger partial charge < -0.3 is 10.4 Å². The summed E-state index contributed by atoms with van der Waals surface area (Å²) >= 11 is 1.67. The maximum Gasteiger partial charge on any atom is 0.223 e. The lowest BCUT2D eigenvalue weighted by Gasteiger charge is -2.19. The second kappa shape index (κ2) is 7.50. The van der Waals surface area contributed by atoms with Gasteiger partial charge in [0.1, 0.15) is 0 Å². The van der Waals surface area contributed by atoms with Crippen LogP contribution in [0.5, 0.6) is 0 Å². The van der Waals surface area contributed by atoms with Crippen LogP contribution < -0.4 is 5.32 Å². The summed E-state index contributed by atoms with van der Waals surface area (Å²) in [5, 5.41) is 12.9. The maximum atomic E-state index is 12.0. The van der Waals surface area contributed by atoms with Crippen LogP contribution in [0.2, 0.25) is 0 Å². The monoisotopic (exact) mass is 291 g/mol. The van der Waals surface area contributed by atoms with E-state index in [0.29, 0.717) is 0 Å². The summed E-state index contributed by atoms with van der Waals surface area (Å²) in [5.74, 6) is 0.111. The SMILES string of the molecule is CSc1ccc([C@H](O)CNC(=O)[C@H]2CC=CCC2)cc1. The Balaban J connectivity index is 1.83. The van der Waals surface area contributed by atoms with Crippen molar-refractivity contribution >= 4 is 17.7 Å². The van der Waals surface area contributed by atoms with E-state index in [1.54, 1.807) is 11.8 Å². The van der Waals surface area contributed by atoms with Crippen molar-refractivity contribution in [1.29, 1.82) is 0 Å². The Morgan fingerprint density at radius 2 is 2.15 bits per heavy atom. The van der Waals surface area contributed by atoms with Gasteiger partial charge >= 0.3 is 0 Å². The molecule has 1 aromatic rings. The molecule has 0 unspecified atom stereocenters. The molecule has 20 heavy (non-hydrogen) atoms. The second-order valence-electron chi connectivity index (χ2n) is 5.02. The van der Waals surface area contributed by atoms with Crippen LogP contribution >= 0.6 is 11.8 Å². The van der Waals surface area contributed by atoms with Crippen molar-refractivity contribution in [1.82, 2.24) is 5.32 Å². The minimum Gasteiger partial charge on any atom is -0.387 e. The van der Waals surface area contributed by atoms with Gasteiger partial charge in [0.05, 0.1) is 6.10 Å². The Kier molecular flexibility index (Phi) is 5.68. The van der Waals surface area contributed by atoms with Crippen molar-refractivity contribution in [3.63, 3.8) is 0 Å². The van der Waals surface area contributed by atoms with Gasteiger partial charge in [0, 0.05) is 17.4 Å². The Morgan fingerprint density at radius 1 is 1.40 bits per heavy atom. The molecule has 0 aliphatic heterocycles. The highest BCUT2D eigenvalue weighted by molar-refractivity contribution is 7.98. The number of thioether (sulfide) groups is 1. The number of carbonyl (C=O) groups excluding carboxylic acids is 1. The third kappa shape index (κ3) is 4.12. The average molecular weight is 291 g/mol. The molecule has 0 saturated heterocycles. The zero-order valence-electron chi connectivity index (χ0n) is 11.7. The van der Waals surface area contributed by atoms with Crippen molar-refractivity contribution in [3.05, 3.63) is 42.0 Å². The summed E-state index contributed by atoms with van der Waals surface area (Å²) in [5.41, 5.74) is 0.839. The molecular weight excluding hydrogens is 270 g/mol. The van der Waals surface area contributed by atoms with Gasteiger partial charge in [-0.05, 0) is 43.2 Å². The number of aliphatic hydroxyl groups is 1. The molecule has 0 bridgehead atoms. The van der Waals surface area contributed by atoms with Crippen molar-refractivity contribution in [2.45, 2.75) is 30.3 Å². The third-order valence-electron chi connectivity index (χ3n) is 3.61. The lowest BCUT2D eigenvalue weighted by atomic mass is 9.93. The first kappa shape index (κ1) is 15.1. The first-order chi connectivity index (χ1) is 9.70. The molecule has 108 valence electrons. The number of hydrogen-bond acceptors (Lipinski definition) is 3. The van der Waals surface area contributed by atoms with Gasteiger partial charge in [-0.1, -0.05) is 24.3 Å². The number of hydrogen-bond donors (Lipinski definition) is 2. The first-order valence-corrected chi connectivity index (χ1v) is 8.18. The standard InChI is InChI=1S/C16H21NO2S/c1-20-14-9-7-12(8-10-14)15(18)11-17-16(19)13-5-3-2-4-6-13/h2-3,7-10,13,15,18H,4-6,11H2,1H3,(H,17,19)/t13-,15+/m0/s1. The Hall–Kier alpha value is -1.26. The van der Waals surface area contributed by atoms with Crippen LogP contribution in [0.25, 0.3) is 0 Å². The summed E-state index contributed by atoms with van der Waals surface area (Å²) < 4.78 is 0. The number of allylic oxidation sites excluding steroid dienone is 2. The highest BCUT2D eigenvalue weighted by Gasteiger charge is 2.19. The van der Waals surface area contributed by atoms with Crippen LogP contribution in [0.4, 0.5) is 0 Å². The van der Waals surface area contributed by atoms with Crippen LogP contribution in [-0.2, 0) is 4.79 Å². The van der Waals surface area contributed by atoms with Gasteiger partial charge in [-0.2, -0.15) is 0 Å². The third-order valence-corrected chi connectivity index (χ3v) is 4.35. The summed E-state index contributed by atoms with van der Waals surface area (Å²) in [6, 6.07) is 7.78. The van der Waals surface area contributed by atoms with E-state index in [1.165, 1.54) is 4.90 Å². The van der Waals surface area contributed by atoms with Gasteiger partial charge in [-0.3, -0.25) is 4.79 Å². The predicted octanol–water partition coefficient (Wildman–Crippen LogP) is 2.91. The molecule has 0 fully saturated rings. The molecule has 1 aliphatic carbocycles. The van der Waals surface area contributed by atoms with E-state index in [1.807, 2.05) is 30.5 Å². The van der Waals surface area contributed by atoms with Crippen molar-refractivity contribution < 1.29 is 9.90 Å². The number of amides is 1.